The van der Waals surface area contributed by atoms with Gasteiger partial charge in [-0.05, 0) is 68.4 Å². The van der Waals surface area contributed by atoms with Crippen LogP contribution in [0, 0.1) is 18.7 Å². The van der Waals surface area contributed by atoms with Gasteiger partial charge in [-0.25, -0.2) is 13.9 Å². The van der Waals surface area contributed by atoms with Gasteiger partial charge in [0.2, 0.25) is 0 Å². The van der Waals surface area contributed by atoms with E-state index in [1.807, 2.05) is 28.0 Å². The summed E-state index contributed by atoms with van der Waals surface area (Å²) < 4.78 is 22.5. The lowest BCUT2D eigenvalue weighted by atomic mass is 9.93. The van der Waals surface area contributed by atoms with Crippen LogP contribution in [0.1, 0.15) is 71.0 Å². The normalized spacial score (nSPS) is 20.0. The fourth-order valence-corrected chi connectivity index (χ4v) is 6.79. The summed E-state index contributed by atoms with van der Waals surface area (Å²) in [4.78, 5) is 34.5. The Hall–Kier alpha value is -4.47. The smallest absolute Gasteiger partial charge is 0.310 e. The zero-order valence-corrected chi connectivity index (χ0v) is 24.6. The van der Waals surface area contributed by atoms with Crippen LogP contribution in [-0.4, -0.2) is 58.1 Å². The molecule has 2 aromatic heterocycles. The molecule has 0 unspecified atom stereocenters. The number of nitrogen functional groups attached to an aromatic ring is 1. The lowest BCUT2D eigenvalue weighted by Crippen LogP contribution is -2.39. The van der Waals surface area contributed by atoms with Gasteiger partial charge in [-0.1, -0.05) is 24.3 Å². The van der Waals surface area contributed by atoms with Crippen molar-refractivity contribution in [1.82, 2.24) is 19.5 Å². The number of hydrogen-bond acceptors (Lipinski definition) is 7. The molecular weight excluding hydrogens is 547 g/mol. The molecule has 2 aliphatic heterocycles. The third kappa shape index (κ3) is 4.60. The number of benzene rings is 2. The molecule has 1 saturated carbocycles. The van der Waals surface area contributed by atoms with Gasteiger partial charge >= 0.3 is 5.97 Å². The van der Waals surface area contributed by atoms with Crippen LogP contribution in [0.3, 0.4) is 0 Å². The van der Waals surface area contributed by atoms with E-state index < -0.39 is 5.82 Å². The first kappa shape index (κ1) is 27.4. The number of fused-ring (bicyclic) bond motifs is 2. The minimum atomic E-state index is -0.447. The third-order valence-electron chi connectivity index (χ3n) is 9.40. The highest BCUT2D eigenvalue weighted by Gasteiger charge is 2.34. The van der Waals surface area contributed by atoms with Crippen LogP contribution in [0.4, 0.5) is 15.8 Å². The maximum atomic E-state index is 15.9. The number of aromatic nitrogens is 3. The van der Waals surface area contributed by atoms with Gasteiger partial charge in [0.15, 0.2) is 5.65 Å². The molecule has 2 N–H and O–H groups in total. The Kier molecular flexibility index (Phi) is 6.59. The Morgan fingerprint density at radius 2 is 1.88 bits per heavy atom. The summed E-state index contributed by atoms with van der Waals surface area (Å²) in [5, 5.41) is 4.80. The third-order valence-corrected chi connectivity index (χ3v) is 9.40. The number of esters is 1. The molecule has 0 radical (unpaired) electrons. The van der Waals surface area contributed by atoms with Crippen molar-refractivity contribution in [2.45, 2.75) is 51.5 Å². The molecule has 2 aromatic carbocycles. The predicted octanol–water partition coefficient (Wildman–Crippen LogP) is 5.06. The van der Waals surface area contributed by atoms with Gasteiger partial charge in [0, 0.05) is 42.9 Å². The molecule has 1 amide bonds. The highest BCUT2D eigenvalue weighted by Crippen LogP contribution is 2.42. The van der Waals surface area contributed by atoms with E-state index in [1.54, 1.807) is 17.5 Å². The summed E-state index contributed by atoms with van der Waals surface area (Å²) in [6, 6.07) is 13.2. The molecule has 0 spiro atoms. The molecule has 3 aliphatic rings. The van der Waals surface area contributed by atoms with Crippen molar-refractivity contribution in [3.63, 3.8) is 0 Å². The van der Waals surface area contributed by atoms with E-state index in [0.29, 0.717) is 65.6 Å². The number of anilines is 2. The molecule has 4 heterocycles. The number of ether oxygens (including phenoxy) is 1. The van der Waals surface area contributed by atoms with Crippen molar-refractivity contribution in [3.8, 4) is 11.3 Å². The molecule has 9 nitrogen and oxygen atoms in total. The van der Waals surface area contributed by atoms with Gasteiger partial charge in [-0.15, -0.1) is 0 Å². The van der Waals surface area contributed by atoms with Crippen molar-refractivity contribution in [2.75, 3.05) is 37.4 Å². The van der Waals surface area contributed by atoms with Crippen molar-refractivity contribution in [1.29, 1.82) is 0 Å². The highest BCUT2D eigenvalue weighted by molar-refractivity contribution is 5.93. The first-order valence-electron chi connectivity index (χ1n) is 15.0. The molecule has 0 bridgehead atoms. The molecular formula is C33H35FN6O3. The number of rotatable bonds is 5. The van der Waals surface area contributed by atoms with Crippen LogP contribution < -0.4 is 10.6 Å². The van der Waals surface area contributed by atoms with Gasteiger partial charge in [0.05, 0.1) is 36.1 Å². The number of nitrogens with zero attached hydrogens (tertiary/aromatic N) is 5. The lowest BCUT2D eigenvalue weighted by Gasteiger charge is -2.35. The second-order valence-corrected chi connectivity index (χ2v) is 12.0. The first-order chi connectivity index (χ1) is 20.7. The lowest BCUT2D eigenvalue weighted by molar-refractivity contribution is -0.144. The molecule has 222 valence electrons. The van der Waals surface area contributed by atoms with E-state index in [9.17, 15) is 9.59 Å². The number of nitrogens with two attached hydrogens (primary N) is 1. The molecule has 2 fully saturated rings. The van der Waals surface area contributed by atoms with Crippen LogP contribution in [0.25, 0.3) is 16.9 Å². The number of amides is 1. The number of carbonyl (C=O) groups excluding carboxylic acids is 2. The van der Waals surface area contributed by atoms with E-state index in [1.165, 1.54) is 24.3 Å². The van der Waals surface area contributed by atoms with Crippen LogP contribution >= 0.6 is 0 Å². The van der Waals surface area contributed by atoms with Crippen molar-refractivity contribution >= 4 is 28.9 Å². The van der Waals surface area contributed by atoms with Gasteiger partial charge in [0.1, 0.15) is 11.5 Å². The molecule has 10 heteroatoms. The largest absolute Gasteiger partial charge is 0.469 e. The summed E-state index contributed by atoms with van der Waals surface area (Å²) in [6.07, 6.45) is 3.44. The number of methoxy groups -OCH3 is 1. The summed E-state index contributed by atoms with van der Waals surface area (Å²) in [5.41, 5.74) is 13.1. The fraction of sp³-hybridized carbons (Fsp3) is 0.394. The minimum absolute atomic E-state index is 0.0583. The zero-order valence-electron chi connectivity index (χ0n) is 24.6. The maximum Gasteiger partial charge on any atom is 0.310 e. The monoisotopic (exact) mass is 582 g/mol. The summed E-state index contributed by atoms with van der Waals surface area (Å²) in [6.45, 7) is 5.49. The average Bonchev–Trinajstić information content (AvgIpc) is 3.58. The minimum Gasteiger partial charge on any atom is -0.469 e. The summed E-state index contributed by atoms with van der Waals surface area (Å²) in [7, 11) is 1.38. The molecule has 7 rings (SSSR count). The molecule has 43 heavy (non-hydrogen) atoms. The van der Waals surface area contributed by atoms with Gasteiger partial charge in [0.25, 0.3) is 5.91 Å². The van der Waals surface area contributed by atoms with Crippen LogP contribution in [0.15, 0.2) is 42.5 Å². The van der Waals surface area contributed by atoms with Gasteiger partial charge < -0.3 is 20.3 Å². The van der Waals surface area contributed by atoms with Gasteiger partial charge in [-0.3, -0.25) is 9.59 Å². The zero-order chi connectivity index (χ0) is 30.0. The van der Waals surface area contributed by atoms with Crippen molar-refractivity contribution in [3.05, 3.63) is 76.4 Å². The highest BCUT2D eigenvalue weighted by atomic mass is 19.1. The van der Waals surface area contributed by atoms with E-state index >= 15 is 4.39 Å². The molecule has 1 aliphatic carbocycles. The van der Waals surface area contributed by atoms with E-state index in [2.05, 4.69) is 19.1 Å². The standard InChI is InChI=1S/C33H35FN6O3/c1-18-30(24(34)14-28(31(18)35)38-12-10-22(17-38)33(42)43-3)25-16-29-36-26(15-27(21-8-9-21)40(29)37-25)32(41)39-13-11-20-6-4-5-7-23(20)19(39)2/h4-7,14-16,19,21-22H,8-13,17,35H2,1-3H3/t19-,22+/m1/s1. The Labute approximate surface area is 249 Å². The SMILES string of the molecule is COC(=O)[C@H]1CCN(c2cc(F)c(-c3cc4nc(C(=O)N5CCc6ccccc6[C@H]5C)cc(C5CC5)n4n3)c(C)c2N)C1. The number of halogens is 1. The van der Waals surface area contributed by atoms with Crippen molar-refractivity contribution in [2.24, 2.45) is 5.92 Å². The second kappa shape index (κ2) is 10.4. The topological polar surface area (TPSA) is 106 Å². The Bertz CT molecular complexity index is 1780. The quantitative estimate of drug-likeness (QED) is 0.259. The second-order valence-electron chi connectivity index (χ2n) is 12.0. The van der Waals surface area contributed by atoms with E-state index in [4.69, 9.17) is 20.6 Å². The Morgan fingerprint density at radius 3 is 2.65 bits per heavy atom. The molecule has 4 aromatic rings. The van der Waals surface area contributed by atoms with Crippen LogP contribution in [0.5, 0.6) is 0 Å². The van der Waals surface area contributed by atoms with Crippen molar-refractivity contribution < 1.29 is 18.7 Å². The summed E-state index contributed by atoms with van der Waals surface area (Å²) in [5.74, 6) is -0.813. The first-order valence-corrected chi connectivity index (χ1v) is 15.0. The molecule has 1 saturated heterocycles. The van der Waals surface area contributed by atoms with Gasteiger partial charge in [-0.2, -0.15) is 5.10 Å². The van der Waals surface area contributed by atoms with Crippen LogP contribution in [-0.2, 0) is 16.0 Å². The fourth-order valence-electron chi connectivity index (χ4n) is 6.79. The average molecular weight is 583 g/mol. The van der Waals surface area contributed by atoms with E-state index in [0.717, 1.165) is 25.0 Å². The van der Waals surface area contributed by atoms with E-state index in [-0.39, 0.29) is 29.8 Å². The Balaban J connectivity index is 1.24. The predicted molar refractivity (Wildman–Crippen MR) is 161 cm³/mol. The van der Waals surface area contributed by atoms with Crippen LogP contribution in [0.2, 0.25) is 0 Å². The molecule has 2 atom stereocenters. The number of hydrogen-bond donors (Lipinski definition) is 1. The Morgan fingerprint density at radius 1 is 1.09 bits per heavy atom. The number of carbonyl (C=O) groups is 2. The summed E-state index contributed by atoms with van der Waals surface area (Å²) >= 11 is 0. The maximum absolute atomic E-state index is 15.9.